The molecule has 0 amide bonds. The van der Waals surface area contributed by atoms with Gasteiger partial charge in [0.1, 0.15) is 5.76 Å². The third kappa shape index (κ3) is 4.15. The molecule has 0 spiro atoms. The van der Waals surface area contributed by atoms with Crippen molar-refractivity contribution in [3.05, 3.63) is 77.2 Å². The lowest BCUT2D eigenvalue weighted by Crippen LogP contribution is -2.47. The first-order valence-electron chi connectivity index (χ1n) is 9.95. The molecule has 1 fully saturated rings. The number of methoxy groups -OCH3 is 1. The maximum absolute atomic E-state index is 11.8. The molecule has 30 heavy (non-hydrogen) atoms. The number of hydrogen-bond donors (Lipinski definition) is 0. The van der Waals surface area contributed by atoms with Gasteiger partial charge in [-0.15, -0.1) is 0 Å². The van der Waals surface area contributed by atoms with Gasteiger partial charge in [-0.1, -0.05) is 42.5 Å². The lowest BCUT2D eigenvalue weighted by molar-refractivity contribution is -0.264. The van der Waals surface area contributed by atoms with E-state index in [4.69, 9.17) is 18.6 Å². The number of hydrogen-bond acceptors (Lipinski definition) is 6. The van der Waals surface area contributed by atoms with Crippen LogP contribution in [0.4, 0.5) is 0 Å². The molecule has 6 nitrogen and oxygen atoms in total. The molecule has 1 aliphatic heterocycles. The van der Waals surface area contributed by atoms with Crippen LogP contribution in [0.25, 0.3) is 11.5 Å². The van der Waals surface area contributed by atoms with Crippen LogP contribution < -0.4 is 0 Å². The molecule has 0 aliphatic carbocycles. The number of nitrogens with zero attached hydrogens (tertiary/aromatic N) is 1. The maximum atomic E-state index is 11.8. The van der Waals surface area contributed by atoms with Crippen molar-refractivity contribution in [2.75, 3.05) is 20.3 Å². The highest BCUT2D eigenvalue weighted by Gasteiger charge is 2.41. The van der Waals surface area contributed by atoms with E-state index in [0.717, 1.165) is 28.1 Å². The molecule has 0 atom stereocenters. The zero-order valence-electron chi connectivity index (χ0n) is 17.4. The SMILES string of the molecule is COC(=O)C1(C)OCC(c2ccc(Cc3nc(-c4ccccc4)oc3C)cc2)CO1. The average Bonchev–Trinajstić information content (AvgIpc) is 3.15. The Morgan fingerprint density at radius 2 is 1.77 bits per heavy atom. The summed E-state index contributed by atoms with van der Waals surface area (Å²) in [4.78, 5) is 16.5. The van der Waals surface area contributed by atoms with E-state index in [-0.39, 0.29) is 5.92 Å². The lowest BCUT2D eigenvalue weighted by Gasteiger charge is -2.35. The minimum Gasteiger partial charge on any atom is -0.465 e. The van der Waals surface area contributed by atoms with Gasteiger partial charge in [-0.2, -0.15) is 0 Å². The Hall–Kier alpha value is -2.96. The van der Waals surface area contributed by atoms with E-state index in [0.29, 0.717) is 25.5 Å². The Balaban J connectivity index is 1.42. The molecule has 0 saturated carbocycles. The third-order valence-electron chi connectivity index (χ3n) is 5.41. The number of aromatic nitrogens is 1. The fourth-order valence-electron chi connectivity index (χ4n) is 3.50. The molecule has 1 saturated heterocycles. The highest BCUT2D eigenvalue weighted by molar-refractivity contribution is 5.77. The van der Waals surface area contributed by atoms with Crippen molar-refractivity contribution in [2.45, 2.75) is 32.0 Å². The van der Waals surface area contributed by atoms with Crippen molar-refractivity contribution in [3.8, 4) is 11.5 Å². The van der Waals surface area contributed by atoms with Crippen molar-refractivity contribution in [1.29, 1.82) is 0 Å². The second-order valence-electron chi connectivity index (χ2n) is 7.56. The largest absolute Gasteiger partial charge is 0.465 e. The zero-order valence-corrected chi connectivity index (χ0v) is 17.4. The smallest absolute Gasteiger partial charge is 0.366 e. The van der Waals surface area contributed by atoms with Gasteiger partial charge in [0.05, 0.1) is 26.0 Å². The van der Waals surface area contributed by atoms with Crippen LogP contribution in [0, 0.1) is 6.92 Å². The topological polar surface area (TPSA) is 70.8 Å². The van der Waals surface area contributed by atoms with Crippen molar-refractivity contribution < 1.29 is 23.4 Å². The van der Waals surface area contributed by atoms with Gasteiger partial charge in [0.25, 0.3) is 5.79 Å². The summed E-state index contributed by atoms with van der Waals surface area (Å²) in [6.45, 7) is 4.32. The minimum atomic E-state index is -1.33. The Morgan fingerprint density at radius 1 is 1.10 bits per heavy atom. The molecular formula is C24H25NO5. The summed E-state index contributed by atoms with van der Waals surface area (Å²) in [5.41, 5.74) is 4.15. The monoisotopic (exact) mass is 407 g/mol. The second-order valence-corrected chi connectivity index (χ2v) is 7.56. The third-order valence-corrected chi connectivity index (χ3v) is 5.41. The molecule has 0 unspecified atom stereocenters. The predicted octanol–water partition coefficient (Wildman–Crippen LogP) is 4.26. The van der Waals surface area contributed by atoms with E-state index in [1.54, 1.807) is 6.92 Å². The maximum Gasteiger partial charge on any atom is 0.366 e. The van der Waals surface area contributed by atoms with Crippen LogP contribution in [0.2, 0.25) is 0 Å². The molecule has 1 aliphatic rings. The normalized spacial score (nSPS) is 21.4. The summed E-state index contributed by atoms with van der Waals surface area (Å²) in [6.07, 6.45) is 0.695. The van der Waals surface area contributed by atoms with Gasteiger partial charge in [0.2, 0.25) is 5.89 Å². The highest BCUT2D eigenvalue weighted by atomic mass is 16.7. The van der Waals surface area contributed by atoms with Crippen LogP contribution in [0.3, 0.4) is 0 Å². The molecule has 2 aromatic carbocycles. The lowest BCUT2D eigenvalue weighted by atomic mass is 9.97. The van der Waals surface area contributed by atoms with E-state index in [1.165, 1.54) is 7.11 Å². The van der Waals surface area contributed by atoms with Gasteiger partial charge in [0.15, 0.2) is 0 Å². The van der Waals surface area contributed by atoms with Gasteiger partial charge in [-0.3, -0.25) is 0 Å². The van der Waals surface area contributed by atoms with E-state index >= 15 is 0 Å². The van der Waals surface area contributed by atoms with Crippen LogP contribution >= 0.6 is 0 Å². The Morgan fingerprint density at radius 3 is 2.40 bits per heavy atom. The number of esters is 1. The number of benzene rings is 2. The van der Waals surface area contributed by atoms with E-state index in [9.17, 15) is 4.79 Å². The van der Waals surface area contributed by atoms with Gasteiger partial charge in [-0.25, -0.2) is 9.78 Å². The molecule has 0 N–H and O–H groups in total. The summed E-state index contributed by atoms with van der Waals surface area (Å²) in [7, 11) is 1.32. The number of rotatable bonds is 5. The number of carbonyl (C=O) groups excluding carboxylic acids is 1. The minimum absolute atomic E-state index is 0.0650. The molecule has 4 rings (SSSR count). The Labute approximate surface area is 175 Å². The highest BCUT2D eigenvalue weighted by Crippen LogP contribution is 2.29. The number of oxazole rings is 1. The molecular weight excluding hydrogens is 382 g/mol. The first-order chi connectivity index (χ1) is 14.5. The molecule has 3 aromatic rings. The van der Waals surface area contributed by atoms with Crippen LogP contribution in [0.1, 0.15) is 35.4 Å². The zero-order chi connectivity index (χ0) is 21.1. The van der Waals surface area contributed by atoms with Crippen molar-refractivity contribution in [2.24, 2.45) is 0 Å². The van der Waals surface area contributed by atoms with Crippen LogP contribution in [-0.2, 0) is 25.4 Å². The number of carbonyl (C=O) groups is 1. The first kappa shape index (κ1) is 20.3. The van der Waals surface area contributed by atoms with Gasteiger partial charge in [-0.05, 0) is 30.2 Å². The van der Waals surface area contributed by atoms with Crippen LogP contribution in [0.15, 0.2) is 59.0 Å². The second kappa shape index (κ2) is 8.42. The summed E-state index contributed by atoms with van der Waals surface area (Å²) in [5.74, 6) is -0.310. The Bertz CT molecular complexity index is 1000. The fraction of sp³-hybridized carbons (Fsp3) is 0.333. The van der Waals surface area contributed by atoms with E-state index < -0.39 is 11.8 Å². The molecule has 0 radical (unpaired) electrons. The molecule has 6 heteroatoms. The molecule has 156 valence electrons. The average molecular weight is 407 g/mol. The quantitative estimate of drug-likeness (QED) is 0.589. The summed E-state index contributed by atoms with van der Waals surface area (Å²) in [5, 5.41) is 0. The van der Waals surface area contributed by atoms with Crippen LogP contribution in [-0.4, -0.2) is 37.1 Å². The summed E-state index contributed by atoms with van der Waals surface area (Å²) >= 11 is 0. The Kier molecular flexibility index (Phi) is 5.70. The fourth-order valence-corrected chi connectivity index (χ4v) is 3.50. The molecule has 1 aromatic heterocycles. The van der Waals surface area contributed by atoms with E-state index in [2.05, 4.69) is 29.2 Å². The predicted molar refractivity (Wildman–Crippen MR) is 111 cm³/mol. The van der Waals surface area contributed by atoms with Gasteiger partial charge < -0.3 is 18.6 Å². The van der Waals surface area contributed by atoms with Crippen molar-refractivity contribution in [1.82, 2.24) is 4.98 Å². The molecule has 2 heterocycles. The standard InChI is InChI=1S/C24H25NO5/c1-16-21(25-22(30-16)19-7-5-4-6-8-19)13-17-9-11-18(12-10-17)20-14-28-24(2,29-15-20)23(26)27-3/h4-12,20H,13-15H2,1-3H3. The first-order valence-corrected chi connectivity index (χ1v) is 9.95. The molecule has 0 bridgehead atoms. The van der Waals surface area contributed by atoms with Gasteiger partial charge in [0, 0.05) is 24.8 Å². The summed E-state index contributed by atoms with van der Waals surface area (Å²) in [6, 6.07) is 18.2. The van der Waals surface area contributed by atoms with Crippen molar-refractivity contribution in [3.63, 3.8) is 0 Å². The van der Waals surface area contributed by atoms with Gasteiger partial charge >= 0.3 is 5.97 Å². The van der Waals surface area contributed by atoms with E-state index in [1.807, 2.05) is 37.3 Å². The summed E-state index contributed by atoms with van der Waals surface area (Å²) < 4.78 is 21.9. The number of aryl methyl sites for hydroxylation is 1. The van der Waals surface area contributed by atoms with Crippen molar-refractivity contribution >= 4 is 5.97 Å². The number of ether oxygens (including phenoxy) is 3. The van der Waals surface area contributed by atoms with Crippen LogP contribution in [0.5, 0.6) is 0 Å².